The number of rotatable bonds is 7. The average Bonchev–Trinajstić information content (AvgIpc) is 2.67. The van der Waals surface area contributed by atoms with Crippen molar-refractivity contribution >= 4 is 24.6 Å². The van der Waals surface area contributed by atoms with E-state index in [0.29, 0.717) is 31.1 Å². The molecule has 146 valence electrons. The number of carbonyl (C=O) groups is 2. The van der Waals surface area contributed by atoms with Gasteiger partial charge in [-0.2, -0.15) is 0 Å². The van der Waals surface area contributed by atoms with Crippen molar-refractivity contribution in [2.45, 2.75) is 13.0 Å². The lowest BCUT2D eigenvalue weighted by molar-refractivity contribution is 0.171. The van der Waals surface area contributed by atoms with Gasteiger partial charge in [0.15, 0.2) is 11.5 Å². The number of hydrogen-bond acceptors (Lipinski definition) is 5. The minimum atomic E-state index is -0.584. The number of nitrogens with one attached hydrogen (secondary N) is 2. The Kier molecular flexibility index (Phi) is 9.53. The second kappa shape index (κ2) is 11.6. The summed E-state index contributed by atoms with van der Waals surface area (Å²) in [5.41, 5.74) is 1.89. The molecule has 0 spiro atoms. The SMILES string of the molecule is CNC(=O)Oc1cc(CCNC(=O)OC)ccc1OCc1ccccc1.Cl. The summed E-state index contributed by atoms with van der Waals surface area (Å²) in [5.74, 6) is 0.776. The van der Waals surface area contributed by atoms with Gasteiger partial charge in [-0.1, -0.05) is 36.4 Å². The fraction of sp³-hybridized carbons (Fsp3) is 0.263. The highest BCUT2D eigenvalue weighted by Gasteiger charge is 2.11. The number of benzene rings is 2. The highest BCUT2D eigenvalue weighted by Crippen LogP contribution is 2.29. The van der Waals surface area contributed by atoms with Gasteiger partial charge < -0.3 is 24.8 Å². The lowest BCUT2D eigenvalue weighted by Gasteiger charge is -2.13. The van der Waals surface area contributed by atoms with Crippen LogP contribution < -0.4 is 20.1 Å². The summed E-state index contributed by atoms with van der Waals surface area (Å²) in [5, 5.41) is 5.01. The number of alkyl carbamates (subject to hydrolysis) is 1. The molecule has 2 N–H and O–H groups in total. The molecule has 0 aliphatic rings. The fourth-order valence-corrected chi connectivity index (χ4v) is 2.17. The Balaban J connectivity index is 0.00000364. The smallest absolute Gasteiger partial charge is 0.412 e. The molecule has 7 nitrogen and oxygen atoms in total. The number of halogens is 1. The van der Waals surface area contributed by atoms with Crippen molar-refractivity contribution < 1.29 is 23.8 Å². The molecule has 0 bridgehead atoms. The van der Waals surface area contributed by atoms with Gasteiger partial charge in [-0.25, -0.2) is 9.59 Å². The fourth-order valence-electron chi connectivity index (χ4n) is 2.17. The largest absolute Gasteiger partial charge is 0.485 e. The van der Waals surface area contributed by atoms with E-state index in [-0.39, 0.29) is 12.4 Å². The van der Waals surface area contributed by atoms with E-state index in [0.717, 1.165) is 11.1 Å². The summed E-state index contributed by atoms with van der Waals surface area (Å²) in [7, 11) is 2.79. The van der Waals surface area contributed by atoms with Crippen molar-refractivity contribution in [3.05, 3.63) is 59.7 Å². The third-order valence-electron chi connectivity index (χ3n) is 3.52. The van der Waals surface area contributed by atoms with Crippen LogP contribution in [0.5, 0.6) is 11.5 Å². The van der Waals surface area contributed by atoms with Crippen molar-refractivity contribution in [2.24, 2.45) is 0 Å². The molecule has 0 saturated heterocycles. The van der Waals surface area contributed by atoms with E-state index in [1.807, 2.05) is 36.4 Å². The number of hydrogen-bond donors (Lipinski definition) is 2. The van der Waals surface area contributed by atoms with Crippen LogP contribution >= 0.6 is 12.4 Å². The molecule has 0 atom stereocenters. The van der Waals surface area contributed by atoms with Crippen molar-refractivity contribution in [1.82, 2.24) is 10.6 Å². The average molecular weight is 395 g/mol. The predicted molar refractivity (Wildman–Crippen MR) is 104 cm³/mol. The molecule has 0 fully saturated rings. The van der Waals surface area contributed by atoms with Gasteiger partial charge in [0.2, 0.25) is 0 Å². The topological polar surface area (TPSA) is 85.9 Å². The van der Waals surface area contributed by atoms with E-state index in [1.54, 1.807) is 12.1 Å². The monoisotopic (exact) mass is 394 g/mol. The zero-order valence-corrected chi connectivity index (χ0v) is 16.0. The summed E-state index contributed by atoms with van der Waals surface area (Å²) in [6, 6.07) is 15.0. The molecule has 0 radical (unpaired) electrons. The highest BCUT2D eigenvalue weighted by atomic mass is 35.5. The first-order chi connectivity index (χ1) is 12.6. The van der Waals surface area contributed by atoms with Gasteiger partial charge >= 0.3 is 12.2 Å². The Labute approximate surface area is 164 Å². The molecule has 0 aliphatic carbocycles. The van der Waals surface area contributed by atoms with Crippen LogP contribution in [-0.2, 0) is 17.8 Å². The molecule has 0 unspecified atom stereocenters. The van der Waals surface area contributed by atoms with Crippen LogP contribution in [0.3, 0.4) is 0 Å². The van der Waals surface area contributed by atoms with Gasteiger partial charge in [-0.15, -0.1) is 12.4 Å². The second-order valence-corrected chi connectivity index (χ2v) is 5.36. The number of carbonyl (C=O) groups excluding carboxylic acids is 2. The van der Waals surface area contributed by atoms with E-state index in [2.05, 4.69) is 15.4 Å². The molecule has 8 heteroatoms. The second-order valence-electron chi connectivity index (χ2n) is 5.36. The van der Waals surface area contributed by atoms with Crippen LogP contribution in [0.1, 0.15) is 11.1 Å². The Bertz CT molecular complexity index is 740. The Hall–Kier alpha value is -2.93. The van der Waals surface area contributed by atoms with Crippen LogP contribution in [0.25, 0.3) is 0 Å². The quantitative estimate of drug-likeness (QED) is 0.752. The number of methoxy groups -OCH3 is 1. The Morgan fingerprint density at radius 3 is 2.37 bits per heavy atom. The summed E-state index contributed by atoms with van der Waals surface area (Å²) in [6.45, 7) is 0.754. The molecule has 0 aliphatic heterocycles. The number of amides is 2. The predicted octanol–water partition coefficient (Wildman–Crippen LogP) is 3.30. The Morgan fingerprint density at radius 2 is 1.70 bits per heavy atom. The van der Waals surface area contributed by atoms with E-state index in [9.17, 15) is 9.59 Å². The summed E-state index contributed by atoms with van der Waals surface area (Å²) >= 11 is 0. The third-order valence-corrected chi connectivity index (χ3v) is 3.52. The summed E-state index contributed by atoms with van der Waals surface area (Å²) in [6.07, 6.45) is -0.521. The van der Waals surface area contributed by atoms with Crippen molar-refractivity contribution in [2.75, 3.05) is 20.7 Å². The van der Waals surface area contributed by atoms with Crippen LogP contribution in [0.2, 0.25) is 0 Å². The molecular formula is C19H23ClN2O5. The molecule has 2 aromatic rings. The van der Waals surface area contributed by atoms with Gasteiger partial charge in [0.05, 0.1) is 7.11 Å². The molecule has 0 heterocycles. The van der Waals surface area contributed by atoms with Crippen LogP contribution in [0, 0.1) is 0 Å². The van der Waals surface area contributed by atoms with E-state index >= 15 is 0 Å². The van der Waals surface area contributed by atoms with Crippen LogP contribution in [0.4, 0.5) is 9.59 Å². The minimum Gasteiger partial charge on any atom is -0.485 e. The minimum absolute atomic E-state index is 0. The Morgan fingerprint density at radius 1 is 0.963 bits per heavy atom. The third kappa shape index (κ3) is 7.45. The van der Waals surface area contributed by atoms with Gasteiger partial charge in [-0.05, 0) is 29.7 Å². The lowest BCUT2D eigenvalue weighted by Crippen LogP contribution is -2.25. The standard InChI is InChI=1S/C19H22N2O5.ClH/c1-20-18(22)26-17-12-14(10-11-21-19(23)24-2)8-9-16(17)25-13-15-6-4-3-5-7-15;/h3-9,12H,10-11,13H2,1-2H3,(H,20,22)(H,21,23);1H. The van der Waals surface area contributed by atoms with Crippen LogP contribution in [0.15, 0.2) is 48.5 Å². The van der Waals surface area contributed by atoms with Crippen molar-refractivity contribution in [3.63, 3.8) is 0 Å². The zero-order chi connectivity index (χ0) is 18.8. The molecule has 2 rings (SSSR count). The molecule has 2 amide bonds. The molecule has 0 saturated carbocycles. The number of ether oxygens (including phenoxy) is 3. The molecular weight excluding hydrogens is 372 g/mol. The van der Waals surface area contributed by atoms with Crippen LogP contribution in [-0.4, -0.2) is 32.9 Å². The highest BCUT2D eigenvalue weighted by molar-refractivity contribution is 5.85. The van der Waals surface area contributed by atoms with Gasteiger partial charge in [0, 0.05) is 13.6 Å². The van der Waals surface area contributed by atoms with Crippen molar-refractivity contribution in [1.29, 1.82) is 0 Å². The maximum absolute atomic E-state index is 11.6. The lowest BCUT2D eigenvalue weighted by atomic mass is 10.1. The summed E-state index contributed by atoms with van der Waals surface area (Å²) in [4.78, 5) is 22.7. The van der Waals surface area contributed by atoms with E-state index in [1.165, 1.54) is 14.2 Å². The van der Waals surface area contributed by atoms with Crippen molar-refractivity contribution in [3.8, 4) is 11.5 Å². The molecule has 27 heavy (non-hydrogen) atoms. The first-order valence-corrected chi connectivity index (χ1v) is 8.13. The normalized spacial score (nSPS) is 9.56. The molecule has 2 aromatic carbocycles. The maximum Gasteiger partial charge on any atom is 0.412 e. The zero-order valence-electron chi connectivity index (χ0n) is 15.2. The first-order valence-electron chi connectivity index (χ1n) is 8.13. The maximum atomic E-state index is 11.6. The van der Waals surface area contributed by atoms with E-state index < -0.39 is 12.2 Å². The first kappa shape index (κ1) is 22.1. The van der Waals surface area contributed by atoms with Gasteiger partial charge in [-0.3, -0.25) is 0 Å². The van der Waals surface area contributed by atoms with E-state index in [4.69, 9.17) is 9.47 Å². The summed E-state index contributed by atoms with van der Waals surface area (Å²) < 4.78 is 15.6. The van der Waals surface area contributed by atoms with Gasteiger partial charge in [0.1, 0.15) is 6.61 Å². The molecule has 0 aromatic heterocycles. The van der Waals surface area contributed by atoms with Gasteiger partial charge in [0.25, 0.3) is 0 Å².